The van der Waals surface area contributed by atoms with E-state index in [0.29, 0.717) is 12.5 Å². The van der Waals surface area contributed by atoms with Gasteiger partial charge in [-0.3, -0.25) is 4.79 Å². The molecule has 1 amide bonds. The average Bonchev–Trinajstić information content (AvgIpc) is 3.07. The molecule has 1 aromatic rings. The van der Waals surface area contributed by atoms with Crippen molar-refractivity contribution >= 4 is 27.5 Å². The predicted molar refractivity (Wildman–Crippen MR) is 73.2 cm³/mol. The molecule has 0 aromatic heterocycles. The van der Waals surface area contributed by atoms with Gasteiger partial charge in [0.05, 0.1) is 0 Å². The highest BCUT2D eigenvalue weighted by Crippen LogP contribution is 2.21. The van der Waals surface area contributed by atoms with Crippen LogP contribution in [0.15, 0.2) is 22.7 Å². The average molecular weight is 297 g/mol. The number of nitrogens with one attached hydrogen (secondary N) is 2. The van der Waals surface area contributed by atoms with Gasteiger partial charge in [0.25, 0.3) is 0 Å². The van der Waals surface area contributed by atoms with Gasteiger partial charge in [-0.15, -0.1) is 0 Å². The lowest BCUT2D eigenvalue weighted by molar-refractivity contribution is -0.116. The van der Waals surface area contributed by atoms with Crippen molar-refractivity contribution in [1.29, 1.82) is 0 Å². The number of carbonyl (C=O) groups is 1. The first-order valence-electron chi connectivity index (χ1n) is 5.94. The van der Waals surface area contributed by atoms with E-state index >= 15 is 0 Å². The molecule has 1 aromatic carbocycles. The molecule has 0 heterocycles. The quantitative estimate of drug-likeness (QED) is 0.877. The third-order valence-electron chi connectivity index (χ3n) is 2.82. The van der Waals surface area contributed by atoms with E-state index in [1.165, 1.54) is 18.4 Å². The van der Waals surface area contributed by atoms with Gasteiger partial charge in [-0.05, 0) is 37.5 Å². The zero-order valence-electron chi connectivity index (χ0n) is 9.92. The highest BCUT2D eigenvalue weighted by Gasteiger charge is 2.20. The zero-order valence-corrected chi connectivity index (χ0v) is 11.5. The maximum absolute atomic E-state index is 11.6. The minimum Gasteiger partial charge on any atom is -0.326 e. The van der Waals surface area contributed by atoms with Crippen LogP contribution in [0.25, 0.3) is 0 Å². The molecule has 1 aliphatic carbocycles. The molecule has 17 heavy (non-hydrogen) atoms. The van der Waals surface area contributed by atoms with E-state index in [0.717, 1.165) is 16.7 Å². The maximum Gasteiger partial charge on any atom is 0.225 e. The second-order valence-electron chi connectivity index (χ2n) is 4.49. The molecule has 2 rings (SSSR count). The summed E-state index contributed by atoms with van der Waals surface area (Å²) in [5.41, 5.74) is 2.01. The second-order valence-corrected chi connectivity index (χ2v) is 5.34. The Balaban J connectivity index is 1.77. The molecule has 0 saturated heterocycles. The first kappa shape index (κ1) is 12.6. The first-order chi connectivity index (χ1) is 8.15. The number of hydrogen-bond acceptors (Lipinski definition) is 2. The van der Waals surface area contributed by atoms with Gasteiger partial charge in [-0.2, -0.15) is 0 Å². The lowest BCUT2D eigenvalue weighted by Crippen LogP contribution is -2.23. The van der Waals surface area contributed by atoms with Gasteiger partial charge >= 0.3 is 0 Å². The van der Waals surface area contributed by atoms with Crippen LogP contribution in [0.2, 0.25) is 0 Å². The van der Waals surface area contributed by atoms with E-state index in [1.807, 2.05) is 25.1 Å². The fourth-order valence-electron chi connectivity index (χ4n) is 1.57. The summed E-state index contributed by atoms with van der Waals surface area (Å²) in [6.45, 7) is 2.79. The molecule has 1 aliphatic rings. The van der Waals surface area contributed by atoms with Gasteiger partial charge in [-0.25, -0.2) is 0 Å². The van der Waals surface area contributed by atoms with Crippen LogP contribution in [0.4, 0.5) is 5.69 Å². The van der Waals surface area contributed by atoms with Gasteiger partial charge < -0.3 is 10.6 Å². The summed E-state index contributed by atoms with van der Waals surface area (Å²) >= 11 is 3.45. The van der Waals surface area contributed by atoms with Crippen molar-refractivity contribution < 1.29 is 4.79 Å². The molecule has 0 aliphatic heterocycles. The highest BCUT2D eigenvalue weighted by molar-refractivity contribution is 9.10. The molecule has 0 spiro atoms. The molecule has 3 nitrogen and oxygen atoms in total. The van der Waals surface area contributed by atoms with Crippen molar-refractivity contribution in [3.63, 3.8) is 0 Å². The topological polar surface area (TPSA) is 41.1 Å². The van der Waals surface area contributed by atoms with E-state index < -0.39 is 0 Å². The van der Waals surface area contributed by atoms with Crippen LogP contribution in [0.1, 0.15) is 24.8 Å². The van der Waals surface area contributed by atoms with Crippen molar-refractivity contribution in [3.05, 3.63) is 28.2 Å². The van der Waals surface area contributed by atoms with Gasteiger partial charge in [0.15, 0.2) is 0 Å². The fourth-order valence-corrected chi connectivity index (χ4v) is 1.95. The SMILES string of the molecule is Cc1ccc(NC(=O)CCNC2CC2)cc1Br. The van der Waals surface area contributed by atoms with Crippen molar-refractivity contribution in [2.24, 2.45) is 0 Å². The Morgan fingerprint density at radius 3 is 2.88 bits per heavy atom. The van der Waals surface area contributed by atoms with Crippen LogP contribution >= 0.6 is 15.9 Å². The van der Waals surface area contributed by atoms with Crippen LogP contribution in [0.5, 0.6) is 0 Å². The monoisotopic (exact) mass is 296 g/mol. The second kappa shape index (κ2) is 5.65. The van der Waals surface area contributed by atoms with E-state index in [1.54, 1.807) is 0 Å². The highest BCUT2D eigenvalue weighted by atomic mass is 79.9. The first-order valence-corrected chi connectivity index (χ1v) is 6.74. The minimum absolute atomic E-state index is 0.0638. The van der Waals surface area contributed by atoms with Crippen LogP contribution in [0, 0.1) is 6.92 Å². The van der Waals surface area contributed by atoms with E-state index in [-0.39, 0.29) is 5.91 Å². The molecule has 1 saturated carbocycles. The van der Waals surface area contributed by atoms with Crippen LogP contribution < -0.4 is 10.6 Å². The summed E-state index contributed by atoms with van der Waals surface area (Å²) in [5.74, 6) is 0.0638. The van der Waals surface area contributed by atoms with Crippen molar-refractivity contribution in [2.75, 3.05) is 11.9 Å². The molecule has 0 radical (unpaired) electrons. The third-order valence-corrected chi connectivity index (χ3v) is 3.67. The van der Waals surface area contributed by atoms with Crippen LogP contribution in [0.3, 0.4) is 0 Å². The number of rotatable bonds is 5. The largest absolute Gasteiger partial charge is 0.326 e. The van der Waals surface area contributed by atoms with Gasteiger partial charge in [0.2, 0.25) is 5.91 Å². The summed E-state index contributed by atoms with van der Waals surface area (Å²) in [6.07, 6.45) is 3.04. The standard InChI is InChI=1S/C13H17BrN2O/c1-9-2-3-11(8-12(9)14)16-13(17)6-7-15-10-4-5-10/h2-3,8,10,15H,4-7H2,1H3,(H,16,17). The molecule has 4 heteroatoms. The smallest absolute Gasteiger partial charge is 0.225 e. The number of carbonyl (C=O) groups excluding carboxylic acids is 1. The van der Waals surface area contributed by atoms with Gasteiger partial charge in [0, 0.05) is 29.2 Å². The van der Waals surface area contributed by atoms with E-state index in [4.69, 9.17) is 0 Å². The number of hydrogen-bond donors (Lipinski definition) is 2. The summed E-state index contributed by atoms with van der Waals surface area (Å²) in [6, 6.07) is 6.51. The number of aryl methyl sites for hydroxylation is 1. The Morgan fingerprint density at radius 1 is 1.47 bits per heavy atom. The zero-order chi connectivity index (χ0) is 12.3. The van der Waals surface area contributed by atoms with E-state index in [9.17, 15) is 4.79 Å². The molecule has 0 bridgehead atoms. The lowest BCUT2D eigenvalue weighted by Gasteiger charge is -2.07. The van der Waals surface area contributed by atoms with Gasteiger partial charge in [-0.1, -0.05) is 22.0 Å². The summed E-state index contributed by atoms with van der Waals surface area (Å²) < 4.78 is 1.02. The summed E-state index contributed by atoms with van der Waals surface area (Å²) in [4.78, 5) is 11.6. The van der Waals surface area contributed by atoms with Crippen LogP contribution in [-0.2, 0) is 4.79 Å². The van der Waals surface area contributed by atoms with Crippen molar-refractivity contribution in [1.82, 2.24) is 5.32 Å². The molecule has 1 fully saturated rings. The van der Waals surface area contributed by atoms with E-state index in [2.05, 4.69) is 26.6 Å². The molecule has 2 N–H and O–H groups in total. The fraction of sp³-hybridized carbons (Fsp3) is 0.462. The number of halogens is 1. The lowest BCUT2D eigenvalue weighted by atomic mass is 10.2. The Bertz CT molecular complexity index is 416. The molecule has 92 valence electrons. The predicted octanol–water partition coefficient (Wildman–Crippen LogP) is 2.84. The Morgan fingerprint density at radius 2 is 2.24 bits per heavy atom. The minimum atomic E-state index is 0.0638. The molecular formula is C13H17BrN2O. The number of benzene rings is 1. The number of anilines is 1. The normalized spacial score (nSPS) is 14.7. The summed E-state index contributed by atoms with van der Waals surface area (Å²) in [5, 5.41) is 6.22. The number of amides is 1. The maximum atomic E-state index is 11.6. The Labute approximate surface area is 110 Å². The molecular weight excluding hydrogens is 280 g/mol. The summed E-state index contributed by atoms with van der Waals surface area (Å²) in [7, 11) is 0. The van der Waals surface area contributed by atoms with Crippen molar-refractivity contribution in [3.8, 4) is 0 Å². The third kappa shape index (κ3) is 4.13. The van der Waals surface area contributed by atoms with Crippen molar-refractivity contribution in [2.45, 2.75) is 32.2 Å². The van der Waals surface area contributed by atoms with Crippen LogP contribution in [-0.4, -0.2) is 18.5 Å². The Hall–Kier alpha value is -0.870. The van der Waals surface area contributed by atoms with Gasteiger partial charge in [0.1, 0.15) is 0 Å². The Kier molecular flexibility index (Phi) is 4.18. The molecule has 0 atom stereocenters. The molecule has 0 unspecified atom stereocenters.